The van der Waals surface area contributed by atoms with E-state index >= 15 is 0 Å². The lowest BCUT2D eigenvalue weighted by Crippen LogP contribution is -2.44. The Hall–Kier alpha value is -0.980. The van der Waals surface area contributed by atoms with Crippen LogP contribution in [0, 0.1) is 0 Å². The van der Waals surface area contributed by atoms with E-state index in [1.807, 2.05) is 37.3 Å². The van der Waals surface area contributed by atoms with Gasteiger partial charge >= 0.3 is 0 Å². The van der Waals surface area contributed by atoms with Gasteiger partial charge in [-0.05, 0) is 18.9 Å². The predicted octanol–water partition coefficient (Wildman–Crippen LogP) is 2.38. The number of hydrogen-bond donors (Lipinski definition) is 0. The Kier molecular flexibility index (Phi) is 6.35. The van der Waals surface area contributed by atoms with Crippen LogP contribution in [0.5, 0.6) is 0 Å². The van der Waals surface area contributed by atoms with Crippen LogP contribution >= 0.6 is 0 Å². The van der Waals surface area contributed by atoms with E-state index in [1.165, 1.54) is 0 Å². The predicted molar refractivity (Wildman–Crippen MR) is 82.6 cm³/mol. The van der Waals surface area contributed by atoms with Crippen LogP contribution in [0.4, 0.5) is 0 Å². The summed E-state index contributed by atoms with van der Waals surface area (Å²) in [4.78, 5) is 0. The molecule has 1 fully saturated rings. The molecule has 5 heteroatoms. The maximum Gasteiger partial charge on any atom is 0.194 e. The van der Waals surface area contributed by atoms with E-state index in [0.717, 1.165) is 12.0 Å². The summed E-state index contributed by atoms with van der Waals surface area (Å²) in [5, 5.41) is 0. The Balaban J connectivity index is 1.84. The number of benzene rings is 1. The summed E-state index contributed by atoms with van der Waals surface area (Å²) in [6, 6.07) is 10.1. The molecular formula is C17H26O5. The SMILES string of the molecule is CO[C@@H]1[C@@H](CCOCc2ccccc2)OC(C)(OC)[C@H]1OC. The van der Waals surface area contributed by atoms with Crippen molar-refractivity contribution in [2.24, 2.45) is 0 Å². The third-order valence-electron chi connectivity index (χ3n) is 4.16. The zero-order valence-electron chi connectivity index (χ0n) is 13.8. The minimum Gasteiger partial charge on any atom is -0.377 e. The molecule has 22 heavy (non-hydrogen) atoms. The molecule has 0 bridgehead atoms. The monoisotopic (exact) mass is 310 g/mol. The maximum absolute atomic E-state index is 6.01. The van der Waals surface area contributed by atoms with Gasteiger partial charge in [-0.1, -0.05) is 30.3 Å². The molecule has 0 N–H and O–H groups in total. The number of hydrogen-bond acceptors (Lipinski definition) is 5. The van der Waals surface area contributed by atoms with Crippen LogP contribution in [0.25, 0.3) is 0 Å². The first-order valence-corrected chi connectivity index (χ1v) is 7.55. The van der Waals surface area contributed by atoms with E-state index in [1.54, 1.807) is 21.3 Å². The lowest BCUT2D eigenvalue weighted by molar-refractivity contribution is -0.238. The van der Waals surface area contributed by atoms with E-state index in [0.29, 0.717) is 13.2 Å². The van der Waals surface area contributed by atoms with Crippen molar-refractivity contribution in [3.8, 4) is 0 Å². The van der Waals surface area contributed by atoms with Crippen molar-refractivity contribution in [1.29, 1.82) is 0 Å². The molecule has 0 saturated carbocycles. The van der Waals surface area contributed by atoms with Crippen LogP contribution in [0.15, 0.2) is 30.3 Å². The summed E-state index contributed by atoms with van der Waals surface area (Å²) < 4.78 is 28.3. The molecule has 1 aliphatic heterocycles. The fourth-order valence-corrected chi connectivity index (χ4v) is 2.90. The minimum atomic E-state index is -0.792. The van der Waals surface area contributed by atoms with Crippen LogP contribution in [0.2, 0.25) is 0 Å². The molecule has 1 heterocycles. The lowest BCUT2D eigenvalue weighted by Gasteiger charge is -2.28. The second-order valence-electron chi connectivity index (χ2n) is 5.56. The van der Waals surface area contributed by atoms with E-state index in [2.05, 4.69) is 0 Å². The fraction of sp³-hybridized carbons (Fsp3) is 0.647. The molecule has 1 unspecified atom stereocenters. The van der Waals surface area contributed by atoms with Crippen molar-refractivity contribution < 1.29 is 23.7 Å². The van der Waals surface area contributed by atoms with E-state index in [9.17, 15) is 0 Å². The first kappa shape index (κ1) is 17.4. The topological polar surface area (TPSA) is 46.2 Å². The molecule has 4 atom stereocenters. The maximum atomic E-state index is 6.01. The summed E-state index contributed by atoms with van der Waals surface area (Å²) in [6.45, 7) is 3.06. The van der Waals surface area contributed by atoms with Gasteiger partial charge in [0.1, 0.15) is 12.2 Å². The molecule has 5 nitrogen and oxygen atoms in total. The highest BCUT2D eigenvalue weighted by atomic mass is 16.7. The molecule has 0 spiro atoms. The summed E-state index contributed by atoms with van der Waals surface area (Å²) in [6.07, 6.45) is 0.178. The van der Waals surface area contributed by atoms with Crippen LogP contribution in [-0.4, -0.2) is 52.0 Å². The molecule has 0 aromatic heterocycles. The molecule has 0 amide bonds. The average Bonchev–Trinajstić information content (AvgIpc) is 2.84. The summed E-state index contributed by atoms with van der Waals surface area (Å²) in [5.74, 6) is -0.792. The molecular weight excluding hydrogens is 284 g/mol. The third kappa shape index (κ3) is 3.86. The van der Waals surface area contributed by atoms with Crippen LogP contribution in [-0.2, 0) is 30.3 Å². The first-order valence-electron chi connectivity index (χ1n) is 7.55. The zero-order valence-corrected chi connectivity index (χ0v) is 13.8. The van der Waals surface area contributed by atoms with Gasteiger partial charge in [0.25, 0.3) is 0 Å². The van der Waals surface area contributed by atoms with Gasteiger partial charge in [0, 0.05) is 27.9 Å². The van der Waals surface area contributed by atoms with Gasteiger partial charge in [-0.25, -0.2) is 0 Å². The lowest BCUT2D eigenvalue weighted by atomic mass is 10.0. The van der Waals surface area contributed by atoms with Crippen LogP contribution in [0.1, 0.15) is 18.9 Å². The molecule has 124 valence electrons. The second kappa shape index (κ2) is 8.04. The standard InChI is InChI=1S/C17H26O5/c1-17(20-4)16(19-3)15(18-2)14(22-17)10-11-21-12-13-8-6-5-7-9-13/h5-9,14-16H,10-12H2,1-4H3/t14-,15-,16+,17?/m1/s1. The highest BCUT2D eigenvalue weighted by Gasteiger charge is 2.53. The summed E-state index contributed by atoms with van der Waals surface area (Å²) >= 11 is 0. The fourth-order valence-electron chi connectivity index (χ4n) is 2.90. The molecule has 1 aromatic rings. The van der Waals surface area contributed by atoms with E-state index in [-0.39, 0.29) is 18.3 Å². The van der Waals surface area contributed by atoms with E-state index in [4.69, 9.17) is 23.7 Å². The Morgan fingerprint density at radius 3 is 2.41 bits per heavy atom. The molecule has 1 aliphatic rings. The van der Waals surface area contributed by atoms with Gasteiger partial charge < -0.3 is 23.7 Å². The van der Waals surface area contributed by atoms with Crippen molar-refractivity contribution in [1.82, 2.24) is 0 Å². The largest absolute Gasteiger partial charge is 0.377 e. The number of methoxy groups -OCH3 is 3. The average molecular weight is 310 g/mol. The van der Waals surface area contributed by atoms with E-state index < -0.39 is 5.79 Å². The third-order valence-corrected chi connectivity index (χ3v) is 4.16. The minimum absolute atomic E-state index is 0.115. The van der Waals surface area contributed by atoms with Crippen molar-refractivity contribution >= 4 is 0 Å². The number of rotatable bonds is 8. The summed E-state index contributed by atoms with van der Waals surface area (Å²) in [5.41, 5.74) is 1.16. The van der Waals surface area contributed by atoms with Crippen LogP contribution < -0.4 is 0 Å². The van der Waals surface area contributed by atoms with Crippen molar-refractivity contribution in [2.75, 3.05) is 27.9 Å². The Morgan fingerprint density at radius 2 is 1.82 bits per heavy atom. The molecule has 0 radical (unpaired) electrons. The van der Waals surface area contributed by atoms with Gasteiger partial charge in [0.2, 0.25) is 0 Å². The van der Waals surface area contributed by atoms with Crippen LogP contribution in [0.3, 0.4) is 0 Å². The first-order chi connectivity index (χ1) is 10.6. The molecule has 0 aliphatic carbocycles. The molecule has 1 aromatic carbocycles. The normalized spacial score (nSPS) is 31.5. The van der Waals surface area contributed by atoms with Gasteiger partial charge in [-0.3, -0.25) is 0 Å². The zero-order chi connectivity index (χ0) is 16.0. The Bertz CT molecular complexity index is 438. The van der Waals surface area contributed by atoms with Crippen molar-refractivity contribution in [3.63, 3.8) is 0 Å². The summed E-state index contributed by atoms with van der Waals surface area (Å²) in [7, 11) is 4.93. The highest BCUT2D eigenvalue weighted by molar-refractivity contribution is 5.13. The molecule has 2 rings (SSSR count). The Morgan fingerprint density at radius 1 is 1.09 bits per heavy atom. The van der Waals surface area contributed by atoms with Gasteiger partial charge in [-0.15, -0.1) is 0 Å². The van der Waals surface area contributed by atoms with Gasteiger partial charge in [-0.2, -0.15) is 0 Å². The van der Waals surface area contributed by atoms with Crippen molar-refractivity contribution in [3.05, 3.63) is 35.9 Å². The molecule has 1 saturated heterocycles. The highest BCUT2D eigenvalue weighted by Crippen LogP contribution is 2.36. The Labute approximate surface area is 132 Å². The van der Waals surface area contributed by atoms with Gasteiger partial charge in [0.15, 0.2) is 5.79 Å². The van der Waals surface area contributed by atoms with Gasteiger partial charge in [0.05, 0.1) is 12.7 Å². The quantitative estimate of drug-likeness (QED) is 0.690. The smallest absolute Gasteiger partial charge is 0.194 e. The van der Waals surface area contributed by atoms with Crippen molar-refractivity contribution in [2.45, 2.75) is 44.1 Å². The number of ether oxygens (including phenoxy) is 5. The second-order valence-corrected chi connectivity index (χ2v) is 5.56.